The van der Waals surface area contributed by atoms with Gasteiger partial charge in [-0.15, -0.1) is 0 Å². The standard InChI is InChI=1S/C8H9NO4/c1-2-12-8(11)5-3-4-6(10)13-7(5)9/h3-4H,2,9H2,1H3. The molecule has 0 amide bonds. The van der Waals surface area contributed by atoms with E-state index in [-0.39, 0.29) is 18.1 Å². The molecule has 0 unspecified atom stereocenters. The summed E-state index contributed by atoms with van der Waals surface area (Å²) in [4.78, 5) is 21.7. The zero-order chi connectivity index (χ0) is 9.84. The Bertz CT molecular complexity index is 369. The molecule has 0 aliphatic carbocycles. The summed E-state index contributed by atoms with van der Waals surface area (Å²) in [5.74, 6) is -0.810. The van der Waals surface area contributed by atoms with E-state index in [0.717, 1.165) is 6.07 Å². The van der Waals surface area contributed by atoms with Crippen LogP contribution in [0.1, 0.15) is 17.3 Å². The van der Waals surface area contributed by atoms with Gasteiger partial charge in [-0.05, 0) is 13.0 Å². The summed E-state index contributed by atoms with van der Waals surface area (Å²) in [5.41, 5.74) is 4.76. The molecule has 5 nitrogen and oxygen atoms in total. The molecule has 0 spiro atoms. The number of esters is 1. The molecule has 0 radical (unpaired) electrons. The van der Waals surface area contributed by atoms with Crippen LogP contribution in [0.5, 0.6) is 0 Å². The Morgan fingerprint density at radius 3 is 2.85 bits per heavy atom. The topological polar surface area (TPSA) is 82.5 Å². The van der Waals surface area contributed by atoms with Crippen molar-refractivity contribution < 1.29 is 13.9 Å². The Morgan fingerprint density at radius 1 is 1.62 bits per heavy atom. The maximum Gasteiger partial charge on any atom is 0.343 e. The number of hydrogen-bond acceptors (Lipinski definition) is 5. The average molecular weight is 183 g/mol. The van der Waals surface area contributed by atoms with Gasteiger partial charge in [0.1, 0.15) is 5.56 Å². The van der Waals surface area contributed by atoms with E-state index >= 15 is 0 Å². The predicted octanol–water partition coefficient (Wildman–Crippen LogP) is 0.399. The van der Waals surface area contributed by atoms with Crippen molar-refractivity contribution in [1.29, 1.82) is 0 Å². The van der Waals surface area contributed by atoms with Crippen LogP contribution in [-0.2, 0) is 4.74 Å². The molecule has 1 heterocycles. The van der Waals surface area contributed by atoms with Gasteiger partial charge in [-0.25, -0.2) is 9.59 Å². The highest BCUT2D eigenvalue weighted by molar-refractivity contribution is 5.93. The first-order valence-electron chi connectivity index (χ1n) is 3.72. The van der Waals surface area contributed by atoms with Gasteiger partial charge in [0, 0.05) is 6.07 Å². The second-order valence-electron chi connectivity index (χ2n) is 2.25. The van der Waals surface area contributed by atoms with Crippen LogP contribution in [0.2, 0.25) is 0 Å². The monoisotopic (exact) mass is 183 g/mol. The number of nitrogen functional groups attached to an aromatic ring is 1. The van der Waals surface area contributed by atoms with E-state index in [1.165, 1.54) is 6.07 Å². The number of carbonyl (C=O) groups excluding carboxylic acids is 1. The molecule has 2 N–H and O–H groups in total. The van der Waals surface area contributed by atoms with E-state index in [1.54, 1.807) is 6.92 Å². The first kappa shape index (κ1) is 9.31. The van der Waals surface area contributed by atoms with E-state index < -0.39 is 11.6 Å². The molecule has 5 heteroatoms. The molecule has 0 saturated carbocycles. The third-order valence-corrected chi connectivity index (χ3v) is 1.36. The Labute approximate surface area is 74.1 Å². The second kappa shape index (κ2) is 3.75. The van der Waals surface area contributed by atoms with E-state index in [2.05, 4.69) is 9.15 Å². The van der Waals surface area contributed by atoms with Crippen molar-refractivity contribution in [2.24, 2.45) is 0 Å². The third-order valence-electron chi connectivity index (χ3n) is 1.36. The summed E-state index contributed by atoms with van der Waals surface area (Å²) >= 11 is 0. The first-order chi connectivity index (χ1) is 6.15. The van der Waals surface area contributed by atoms with Gasteiger partial charge in [0.05, 0.1) is 6.61 Å². The highest BCUT2D eigenvalue weighted by Gasteiger charge is 2.12. The fraction of sp³-hybridized carbons (Fsp3) is 0.250. The second-order valence-corrected chi connectivity index (χ2v) is 2.25. The van der Waals surface area contributed by atoms with Gasteiger partial charge in [0.2, 0.25) is 5.88 Å². The molecule has 0 saturated heterocycles. The summed E-state index contributed by atoms with van der Waals surface area (Å²) in [7, 11) is 0. The van der Waals surface area contributed by atoms with Crippen molar-refractivity contribution in [2.75, 3.05) is 12.3 Å². The number of hydrogen-bond donors (Lipinski definition) is 1. The Hall–Kier alpha value is -1.78. The molecule has 1 aromatic rings. The lowest BCUT2D eigenvalue weighted by molar-refractivity contribution is 0.0525. The SMILES string of the molecule is CCOC(=O)c1ccc(=O)oc1N. The van der Waals surface area contributed by atoms with Crippen molar-refractivity contribution in [1.82, 2.24) is 0 Å². The minimum Gasteiger partial charge on any atom is -0.462 e. The maximum atomic E-state index is 11.1. The van der Waals surface area contributed by atoms with E-state index in [4.69, 9.17) is 5.73 Å². The first-order valence-corrected chi connectivity index (χ1v) is 3.72. The lowest BCUT2D eigenvalue weighted by atomic mass is 10.3. The van der Waals surface area contributed by atoms with Gasteiger partial charge in [-0.1, -0.05) is 0 Å². The smallest absolute Gasteiger partial charge is 0.343 e. The molecule has 1 rings (SSSR count). The molecule has 0 fully saturated rings. The van der Waals surface area contributed by atoms with Crippen LogP contribution in [0.4, 0.5) is 5.88 Å². The quantitative estimate of drug-likeness (QED) is 0.671. The molecule has 0 aliphatic rings. The maximum absolute atomic E-state index is 11.1. The molecule has 13 heavy (non-hydrogen) atoms. The summed E-state index contributed by atoms with van der Waals surface area (Å²) in [6.45, 7) is 1.92. The van der Waals surface area contributed by atoms with E-state index in [0.29, 0.717) is 0 Å². The minimum absolute atomic E-state index is 0.0708. The van der Waals surface area contributed by atoms with Crippen molar-refractivity contribution in [3.8, 4) is 0 Å². The predicted molar refractivity (Wildman–Crippen MR) is 45.3 cm³/mol. The summed E-state index contributed by atoms with van der Waals surface area (Å²) < 4.78 is 9.16. The van der Waals surface area contributed by atoms with Gasteiger partial charge < -0.3 is 14.9 Å². The number of carbonyl (C=O) groups is 1. The van der Waals surface area contributed by atoms with Gasteiger partial charge >= 0.3 is 11.6 Å². The number of rotatable bonds is 2. The number of ether oxygens (including phenoxy) is 1. The highest BCUT2D eigenvalue weighted by atomic mass is 16.5. The number of nitrogens with two attached hydrogens (primary N) is 1. The zero-order valence-corrected chi connectivity index (χ0v) is 7.07. The van der Waals surface area contributed by atoms with Gasteiger partial charge in [-0.2, -0.15) is 0 Å². The van der Waals surface area contributed by atoms with Crippen LogP contribution in [-0.4, -0.2) is 12.6 Å². The molecule has 0 aromatic carbocycles. The van der Waals surface area contributed by atoms with Crippen LogP contribution in [0.25, 0.3) is 0 Å². The molecule has 70 valence electrons. The fourth-order valence-corrected chi connectivity index (χ4v) is 0.808. The lowest BCUT2D eigenvalue weighted by Crippen LogP contribution is -2.10. The van der Waals surface area contributed by atoms with Crippen molar-refractivity contribution in [2.45, 2.75) is 6.92 Å². The average Bonchev–Trinajstić information content (AvgIpc) is 2.04. The van der Waals surface area contributed by atoms with Crippen LogP contribution >= 0.6 is 0 Å². The Morgan fingerprint density at radius 2 is 2.31 bits per heavy atom. The Balaban J connectivity index is 3.02. The normalized spacial score (nSPS) is 9.62. The number of anilines is 1. The van der Waals surface area contributed by atoms with Gasteiger partial charge in [0.25, 0.3) is 0 Å². The molecular formula is C8H9NO4. The van der Waals surface area contributed by atoms with E-state index in [1.807, 2.05) is 0 Å². The Kier molecular flexibility index (Phi) is 2.69. The van der Waals surface area contributed by atoms with Crippen LogP contribution in [0.15, 0.2) is 21.3 Å². The third kappa shape index (κ3) is 2.08. The minimum atomic E-state index is -0.594. The van der Waals surface area contributed by atoms with Crippen LogP contribution in [0.3, 0.4) is 0 Å². The molecule has 0 atom stereocenters. The van der Waals surface area contributed by atoms with Gasteiger partial charge in [-0.3, -0.25) is 0 Å². The molecular weight excluding hydrogens is 174 g/mol. The van der Waals surface area contributed by atoms with Gasteiger partial charge in [0.15, 0.2) is 0 Å². The van der Waals surface area contributed by atoms with Crippen molar-refractivity contribution in [3.63, 3.8) is 0 Å². The summed E-state index contributed by atoms with van der Waals surface area (Å²) in [5, 5.41) is 0. The lowest BCUT2D eigenvalue weighted by Gasteiger charge is -2.01. The highest BCUT2D eigenvalue weighted by Crippen LogP contribution is 2.08. The summed E-state index contributed by atoms with van der Waals surface area (Å²) in [6.07, 6.45) is 0. The van der Waals surface area contributed by atoms with Crippen molar-refractivity contribution >= 4 is 11.9 Å². The molecule has 0 bridgehead atoms. The van der Waals surface area contributed by atoms with Crippen LogP contribution in [0, 0.1) is 0 Å². The zero-order valence-electron chi connectivity index (χ0n) is 7.07. The summed E-state index contributed by atoms with van der Waals surface area (Å²) in [6, 6.07) is 2.39. The molecule has 1 aromatic heterocycles. The fourth-order valence-electron chi connectivity index (χ4n) is 0.808. The molecule has 0 aliphatic heterocycles. The van der Waals surface area contributed by atoms with Crippen LogP contribution < -0.4 is 11.4 Å². The van der Waals surface area contributed by atoms with Crippen molar-refractivity contribution in [3.05, 3.63) is 28.1 Å². The van der Waals surface area contributed by atoms with E-state index in [9.17, 15) is 9.59 Å². The largest absolute Gasteiger partial charge is 0.462 e.